The Kier molecular flexibility index (Phi) is 5.06. The van der Waals surface area contributed by atoms with Crippen molar-refractivity contribution in [1.29, 1.82) is 0 Å². The van der Waals surface area contributed by atoms with Gasteiger partial charge >= 0.3 is 0 Å². The number of amides is 2. The van der Waals surface area contributed by atoms with Crippen LogP contribution in [0.25, 0.3) is 0 Å². The molecule has 1 aromatic carbocycles. The molecule has 1 spiro atoms. The monoisotopic (exact) mass is 396 g/mol. The summed E-state index contributed by atoms with van der Waals surface area (Å²) in [6.07, 6.45) is 2.33. The number of aromatic nitrogens is 2. The van der Waals surface area contributed by atoms with E-state index in [-0.39, 0.29) is 11.8 Å². The minimum absolute atomic E-state index is 0.0373. The van der Waals surface area contributed by atoms with Crippen molar-refractivity contribution in [3.63, 3.8) is 0 Å². The quantitative estimate of drug-likeness (QED) is 0.866. The van der Waals surface area contributed by atoms with Gasteiger partial charge in [-0.1, -0.05) is 19.1 Å². The molecule has 2 aliphatic rings. The molecule has 1 aromatic heterocycles. The highest BCUT2D eigenvalue weighted by atomic mass is 16.5. The van der Waals surface area contributed by atoms with Crippen LogP contribution in [0.1, 0.15) is 58.3 Å². The van der Waals surface area contributed by atoms with E-state index in [4.69, 9.17) is 4.74 Å². The third-order valence-corrected chi connectivity index (χ3v) is 6.02. The highest BCUT2D eigenvalue weighted by Gasteiger charge is 2.41. The lowest BCUT2D eigenvalue weighted by Gasteiger charge is -2.41. The molecule has 1 N–H and O–H groups in total. The predicted octanol–water partition coefficient (Wildman–Crippen LogP) is 2.71. The minimum atomic E-state index is -0.477. The van der Waals surface area contributed by atoms with Crippen LogP contribution < -0.4 is 10.1 Å². The van der Waals surface area contributed by atoms with Gasteiger partial charge in [-0.2, -0.15) is 5.10 Å². The molecule has 0 saturated carbocycles. The molecule has 29 heavy (non-hydrogen) atoms. The molecule has 7 heteroatoms. The van der Waals surface area contributed by atoms with Crippen LogP contribution in [-0.2, 0) is 6.54 Å². The Morgan fingerprint density at radius 3 is 2.69 bits per heavy atom. The maximum Gasteiger partial charge on any atom is 0.257 e. The Labute approximate surface area is 171 Å². The first-order chi connectivity index (χ1) is 13.9. The number of hydrogen-bond acceptors (Lipinski definition) is 4. The lowest BCUT2D eigenvalue weighted by molar-refractivity contribution is 0.00766. The van der Waals surface area contributed by atoms with E-state index in [0.29, 0.717) is 43.8 Å². The van der Waals surface area contributed by atoms with Crippen LogP contribution in [-0.4, -0.2) is 51.7 Å². The number of aryl methyl sites for hydroxylation is 2. The van der Waals surface area contributed by atoms with E-state index in [1.165, 1.54) is 0 Å². The number of hydrogen-bond donors (Lipinski definition) is 1. The number of para-hydroxylation sites is 1. The molecule has 1 saturated heterocycles. The average Bonchev–Trinajstić information content (AvgIpc) is 2.91. The van der Waals surface area contributed by atoms with Gasteiger partial charge in [0.15, 0.2) is 0 Å². The zero-order valence-corrected chi connectivity index (χ0v) is 17.3. The summed E-state index contributed by atoms with van der Waals surface area (Å²) in [5.74, 6) is 0.552. The zero-order chi connectivity index (χ0) is 20.6. The van der Waals surface area contributed by atoms with Gasteiger partial charge < -0.3 is 15.0 Å². The maximum absolute atomic E-state index is 13.2. The lowest BCUT2D eigenvalue weighted by Crippen LogP contribution is -2.54. The van der Waals surface area contributed by atoms with Crippen molar-refractivity contribution in [1.82, 2.24) is 20.0 Å². The highest BCUT2D eigenvalue weighted by Crippen LogP contribution is 2.33. The highest BCUT2D eigenvalue weighted by molar-refractivity contribution is 5.97. The van der Waals surface area contributed by atoms with Gasteiger partial charge in [-0.3, -0.25) is 14.3 Å². The molecule has 0 aliphatic carbocycles. The number of piperidine rings is 1. The second-order valence-electron chi connectivity index (χ2n) is 8.03. The number of ether oxygens (including phenoxy) is 1. The smallest absolute Gasteiger partial charge is 0.257 e. The number of rotatable bonds is 3. The van der Waals surface area contributed by atoms with Crippen LogP contribution in [0.4, 0.5) is 0 Å². The van der Waals surface area contributed by atoms with E-state index < -0.39 is 5.60 Å². The van der Waals surface area contributed by atoms with E-state index in [2.05, 4.69) is 17.3 Å². The molecule has 3 heterocycles. The number of nitrogens with zero attached hydrogens (tertiary/aromatic N) is 3. The lowest BCUT2D eigenvalue weighted by atomic mass is 9.90. The third-order valence-electron chi connectivity index (χ3n) is 6.02. The van der Waals surface area contributed by atoms with Gasteiger partial charge in [-0.25, -0.2) is 0 Å². The summed E-state index contributed by atoms with van der Waals surface area (Å²) in [5.41, 5.74) is 2.53. The fraction of sp³-hybridized carbons (Fsp3) is 0.500. The van der Waals surface area contributed by atoms with Crippen LogP contribution in [0, 0.1) is 13.8 Å². The average molecular weight is 396 g/mol. The molecule has 0 unspecified atom stereocenters. The van der Waals surface area contributed by atoms with Gasteiger partial charge in [0.2, 0.25) is 0 Å². The Morgan fingerprint density at radius 2 is 1.97 bits per heavy atom. The van der Waals surface area contributed by atoms with Gasteiger partial charge in [0.05, 0.1) is 23.4 Å². The van der Waals surface area contributed by atoms with E-state index in [1.54, 1.807) is 6.07 Å². The van der Waals surface area contributed by atoms with Crippen molar-refractivity contribution in [2.45, 2.75) is 52.2 Å². The number of carbonyl (C=O) groups excluding carboxylic acids is 2. The van der Waals surface area contributed by atoms with Crippen molar-refractivity contribution < 1.29 is 14.3 Å². The van der Waals surface area contributed by atoms with Crippen LogP contribution in [0.15, 0.2) is 24.3 Å². The predicted molar refractivity (Wildman–Crippen MR) is 109 cm³/mol. The van der Waals surface area contributed by atoms with Crippen LogP contribution in [0.2, 0.25) is 0 Å². The molecule has 1 fully saturated rings. The molecule has 0 atom stereocenters. The van der Waals surface area contributed by atoms with E-state index >= 15 is 0 Å². The standard InChI is InChI=1S/C22H28N4O3/c1-4-11-26-16(3)19(15(2)24-26)21(28)25-12-9-22(10-13-25)14-23-20(27)17-7-5-6-8-18(17)29-22/h5-8H,4,9-14H2,1-3H3,(H,23,27). The summed E-state index contributed by atoms with van der Waals surface area (Å²) in [6.45, 7) is 8.42. The van der Waals surface area contributed by atoms with Crippen molar-refractivity contribution in [2.24, 2.45) is 0 Å². The molecule has 2 aromatic rings. The molecule has 0 radical (unpaired) electrons. The molecule has 7 nitrogen and oxygen atoms in total. The molecule has 0 bridgehead atoms. The fourth-order valence-electron chi connectivity index (χ4n) is 4.34. The van der Waals surface area contributed by atoms with Gasteiger partial charge in [-0.15, -0.1) is 0 Å². The van der Waals surface area contributed by atoms with Gasteiger partial charge in [0, 0.05) is 38.2 Å². The Balaban J connectivity index is 1.50. The van der Waals surface area contributed by atoms with Crippen LogP contribution in [0.5, 0.6) is 5.75 Å². The molecule has 2 aliphatic heterocycles. The number of benzene rings is 1. The minimum Gasteiger partial charge on any atom is -0.484 e. The topological polar surface area (TPSA) is 76.5 Å². The second-order valence-corrected chi connectivity index (χ2v) is 8.03. The fourth-order valence-corrected chi connectivity index (χ4v) is 4.34. The first-order valence-corrected chi connectivity index (χ1v) is 10.3. The van der Waals surface area contributed by atoms with Crippen molar-refractivity contribution >= 4 is 11.8 Å². The number of fused-ring (bicyclic) bond motifs is 1. The molecule has 154 valence electrons. The zero-order valence-electron chi connectivity index (χ0n) is 17.3. The van der Waals surface area contributed by atoms with Crippen molar-refractivity contribution in [3.8, 4) is 5.75 Å². The molecule has 4 rings (SSSR count). The van der Waals surface area contributed by atoms with Crippen LogP contribution in [0.3, 0.4) is 0 Å². The summed E-state index contributed by atoms with van der Waals surface area (Å²) in [6, 6.07) is 7.34. The number of likely N-dealkylation sites (tertiary alicyclic amines) is 1. The number of nitrogens with one attached hydrogen (secondary N) is 1. The normalized spacial score (nSPS) is 18.0. The van der Waals surface area contributed by atoms with E-state index in [0.717, 1.165) is 29.9 Å². The maximum atomic E-state index is 13.2. The van der Waals surface area contributed by atoms with E-state index in [1.807, 2.05) is 41.6 Å². The van der Waals surface area contributed by atoms with Crippen molar-refractivity contribution in [3.05, 3.63) is 46.8 Å². The first kappa shape index (κ1) is 19.5. The summed E-state index contributed by atoms with van der Waals surface area (Å²) >= 11 is 0. The van der Waals surface area contributed by atoms with Gasteiger partial charge in [0.25, 0.3) is 11.8 Å². The molecular weight excluding hydrogens is 368 g/mol. The van der Waals surface area contributed by atoms with Gasteiger partial charge in [-0.05, 0) is 32.4 Å². The van der Waals surface area contributed by atoms with Crippen LogP contribution >= 0.6 is 0 Å². The third kappa shape index (κ3) is 3.50. The summed E-state index contributed by atoms with van der Waals surface area (Å²) in [7, 11) is 0. The summed E-state index contributed by atoms with van der Waals surface area (Å²) in [5, 5.41) is 7.53. The van der Waals surface area contributed by atoms with Crippen molar-refractivity contribution in [2.75, 3.05) is 19.6 Å². The SMILES string of the molecule is CCCn1nc(C)c(C(=O)N2CCC3(CC2)CNC(=O)c2ccccc2O3)c1C. The first-order valence-electron chi connectivity index (χ1n) is 10.3. The molecular formula is C22H28N4O3. The van der Waals surface area contributed by atoms with E-state index in [9.17, 15) is 9.59 Å². The largest absolute Gasteiger partial charge is 0.484 e. The Hall–Kier alpha value is -2.83. The summed E-state index contributed by atoms with van der Waals surface area (Å²) < 4.78 is 8.26. The Morgan fingerprint density at radius 1 is 1.24 bits per heavy atom. The molecule has 2 amide bonds. The number of carbonyl (C=O) groups is 2. The Bertz CT molecular complexity index is 942. The summed E-state index contributed by atoms with van der Waals surface area (Å²) in [4.78, 5) is 27.5. The van der Waals surface area contributed by atoms with Gasteiger partial charge in [0.1, 0.15) is 11.4 Å². The second kappa shape index (κ2) is 7.54.